The van der Waals surface area contributed by atoms with Gasteiger partial charge in [-0.05, 0) is 91.0 Å². The Morgan fingerprint density at radius 2 is 0.614 bits per heavy atom. The van der Waals surface area contributed by atoms with E-state index in [-0.39, 0.29) is 0 Å². The van der Waals surface area contributed by atoms with Crippen molar-refractivity contribution in [3.05, 3.63) is 269 Å². The van der Waals surface area contributed by atoms with Gasteiger partial charge in [0.15, 0.2) is 0 Å². The fourth-order valence-electron chi connectivity index (χ4n) is 10.7. The van der Waals surface area contributed by atoms with Crippen LogP contribution in [0.25, 0.3) is 49.7 Å². The lowest BCUT2D eigenvalue weighted by Crippen LogP contribution is -2.51. The number of aromatic nitrogens is 1. The number of rotatable bonds is 5. The van der Waals surface area contributed by atoms with Gasteiger partial charge in [-0.3, -0.25) is 0 Å². The monoisotopic (exact) mass is 723 g/mol. The summed E-state index contributed by atoms with van der Waals surface area (Å²) in [5.74, 6) is 0. The van der Waals surface area contributed by atoms with Crippen LogP contribution in [0.4, 0.5) is 0 Å². The standard InChI is InChI=1S/C56H37N/c1-3-15-38(16-4-1)40-27-31-42(32-28-40)55-47-21-9-11-23-49(47)56(50-24-12-10-22-48(50)55,43-33-29-41(30-34-43)39-17-5-2-6-18-39)52-37-44(35-36-51(52)55)57-53-25-13-7-19-45(53)46-20-8-14-26-54(46)57/h1-37H. The molecule has 2 bridgehead atoms. The number of nitrogens with zero attached hydrogens (tertiary/aromatic N) is 1. The minimum Gasteiger partial charge on any atom is -0.309 e. The molecule has 10 aromatic rings. The van der Waals surface area contributed by atoms with Gasteiger partial charge in [0, 0.05) is 16.5 Å². The van der Waals surface area contributed by atoms with Gasteiger partial charge in [0.2, 0.25) is 0 Å². The first-order chi connectivity index (χ1) is 28.3. The number of benzene rings is 9. The normalized spacial score (nSPS) is 17.6. The summed E-state index contributed by atoms with van der Waals surface area (Å²) in [6.07, 6.45) is 0. The van der Waals surface area contributed by atoms with E-state index in [1.165, 1.54) is 94.3 Å². The highest BCUT2D eigenvalue weighted by Gasteiger charge is 2.60. The van der Waals surface area contributed by atoms with Crippen LogP contribution in [-0.4, -0.2) is 4.57 Å². The zero-order valence-electron chi connectivity index (χ0n) is 31.3. The van der Waals surface area contributed by atoms with Crippen molar-refractivity contribution in [2.24, 2.45) is 0 Å². The van der Waals surface area contributed by atoms with Crippen LogP contribution in [0.5, 0.6) is 0 Å². The summed E-state index contributed by atoms with van der Waals surface area (Å²) in [4.78, 5) is 0. The smallest absolute Gasteiger partial charge is 0.0712 e. The van der Waals surface area contributed by atoms with E-state index >= 15 is 0 Å². The zero-order valence-corrected chi connectivity index (χ0v) is 31.3. The molecule has 0 atom stereocenters. The van der Waals surface area contributed by atoms with E-state index in [9.17, 15) is 0 Å². The largest absolute Gasteiger partial charge is 0.309 e. The average Bonchev–Trinajstić information content (AvgIpc) is 3.64. The van der Waals surface area contributed by atoms with Gasteiger partial charge in [-0.1, -0.05) is 200 Å². The SMILES string of the molecule is c1ccc(-c2ccc(C34c5ccccc5C(c5ccc(-c6ccccc6)cc5)(c5ccccc53)c3cc(-n5c6ccccc6c6ccccc65)ccc34)cc2)cc1. The lowest BCUT2D eigenvalue weighted by molar-refractivity contribution is 0.557. The second-order valence-electron chi connectivity index (χ2n) is 15.6. The van der Waals surface area contributed by atoms with Crippen LogP contribution in [-0.2, 0) is 10.8 Å². The summed E-state index contributed by atoms with van der Waals surface area (Å²) in [7, 11) is 0. The molecule has 1 heterocycles. The van der Waals surface area contributed by atoms with E-state index in [4.69, 9.17) is 0 Å². The van der Waals surface area contributed by atoms with Crippen molar-refractivity contribution >= 4 is 21.8 Å². The molecule has 0 amide bonds. The summed E-state index contributed by atoms with van der Waals surface area (Å²) in [6, 6.07) is 83.8. The summed E-state index contributed by atoms with van der Waals surface area (Å²) in [5.41, 5.74) is 18.0. The Hall–Kier alpha value is -7.22. The van der Waals surface area contributed by atoms with Gasteiger partial charge in [0.25, 0.3) is 0 Å². The molecule has 57 heavy (non-hydrogen) atoms. The number of fused-ring (bicyclic) bond motifs is 3. The van der Waals surface area contributed by atoms with Crippen molar-refractivity contribution in [2.45, 2.75) is 10.8 Å². The van der Waals surface area contributed by atoms with Crippen LogP contribution >= 0.6 is 0 Å². The van der Waals surface area contributed by atoms with E-state index < -0.39 is 10.8 Å². The topological polar surface area (TPSA) is 4.93 Å². The highest BCUT2D eigenvalue weighted by atomic mass is 15.0. The molecule has 0 saturated heterocycles. The molecule has 0 fully saturated rings. The molecule has 1 nitrogen and oxygen atoms in total. The first-order valence-electron chi connectivity index (χ1n) is 19.9. The Balaban J connectivity index is 1.19. The third-order valence-corrected chi connectivity index (χ3v) is 13.0. The Morgan fingerprint density at radius 3 is 1.07 bits per heavy atom. The molecule has 0 aliphatic heterocycles. The second-order valence-corrected chi connectivity index (χ2v) is 15.6. The molecule has 1 heteroatoms. The fourth-order valence-corrected chi connectivity index (χ4v) is 10.7. The maximum absolute atomic E-state index is 2.53. The molecule has 3 aliphatic rings. The molecule has 0 saturated carbocycles. The molecule has 13 rings (SSSR count). The molecule has 0 spiro atoms. The Kier molecular flexibility index (Phi) is 6.83. The predicted octanol–water partition coefficient (Wildman–Crippen LogP) is 13.5. The first kappa shape index (κ1) is 32.1. The molecule has 266 valence electrons. The van der Waals surface area contributed by atoms with Gasteiger partial charge >= 0.3 is 0 Å². The van der Waals surface area contributed by atoms with Crippen molar-refractivity contribution < 1.29 is 0 Å². The highest BCUT2D eigenvalue weighted by molar-refractivity contribution is 6.09. The lowest BCUT2D eigenvalue weighted by atomic mass is 9.44. The van der Waals surface area contributed by atoms with Crippen LogP contribution in [0.2, 0.25) is 0 Å². The molecule has 1 aromatic heterocycles. The second kappa shape index (κ2) is 12.1. The molecule has 9 aromatic carbocycles. The zero-order chi connectivity index (χ0) is 37.6. The van der Waals surface area contributed by atoms with E-state index in [2.05, 4.69) is 229 Å². The van der Waals surface area contributed by atoms with Gasteiger partial charge < -0.3 is 4.57 Å². The van der Waals surface area contributed by atoms with Crippen molar-refractivity contribution in [2.75, 3.05) is 0 Å². The molecule has 0 radical (unpaired) electrons. The Labute approximate surface area is 332 Å². The molecular formula is C56H37N. The van der Waals surface area contributed by atoms with Gasteiger partial charge in [0.05, 0.1) is 21.9 Å². The van der Waals surface area contributed by atoms with Crippen LogP contribution in [0.1, 0.15) is 44.5 Å². The van der Waals surface area contributed by atoms with Crippen molar-refractivity contribution in [1.82, 2.24) is 4.57 Å². The van der Waals surface area contributed by atoms with Crippen LogP contribution in [0.3, 0.4) is 0 Å². The minimum atomic E-state index is -0.557. The minimum absolute atomic E-state index is 0.525. The van der Waals surface area contributed by atoms with Crippen molar-refractivity contribution in [3.8, 4) is 27.9 Å². The highest BCUT2D eigenvalue weighted by Crippen LogP contribution is 2.66. The summed E-state index contributed by atoms with van der Waals surface area (Å²) in [5, 5.41) is 2.54. The number of para-hydroxylation sites is 2. The van der Waals surface area contributed by atoms with Crippen molar-refractivity contribution in [1.29, 1.82) is 0 Å². The van der Waals surface area contributed by atoms with Gasteiger partial charge in [0.1, 0.15) is 0 Å². The maximum atomic E-state index is 2.53. The fraction of sp³-hybridized carbons (Fsp3) is 0.0357. The van der Waals surface area contributed by atoms with Gasteiger partial charge in [-0.2, -0.15) is 0 Å². The molecular weight excluding hydrogens is 687 g/mol. The third-order valence-electron chi connectivity index (χ3n) is 13.0. The van der Waals surface area contributed by atoms with E-state index in [1.807, 2.05) is 0 Å². The predicted molar refractivity (Wildman–Crippen MR) is 235 cm³/mol. The first-order valence-corrected chi connectivity index (χ1v) is 19.9. The lowest BCUT2D eigenvalue weighted by Gasteiger charge is -2.57. The Morgan fingerprint density at radius 1 is 0.263 bits per heavy atom. The maximum Gasteiger partial charge on any atom is 0.0712 e. The molecule has 0 unspecified atom stereocenters. The number of hydrogen-bond acceptors (Lipinski definition) is 0. The molecule has 0 N–H and O–H groups in total. The summed E-state index contributed by atoms with van der Waals surface area (Å²) < 4.78 is 2.47. The van der Waals surface area contributed by atoms with Crippen molar-refractivity contribution in [3.63, 3.8) is 0 Å². The summed E-state index contributed by atoms with van der Waals surface area (Å²) in [6.45, 7) is 0. The van der Waals surface area contributed by atoms with Crippen LogP contribution < -0.4 is 0 Å². The summed E-state index contributed by atoms with van der Waals surface area (Å²) >= 11 is 0. The third kappa shape index (κ3) is 4.29. The number of hydrogen-bond donors (Lipinski definition) is 0. The van der Waals surface area contributed by atoms with E-state index in [0.29, 0.717) is 0 Å². The van der Waals surface area contributed by atoms with Gasteiger partial charge in [-0.15, -0.1) is 0 Å². The van der Waals surface area contributed by atoms with E-state index in [0.717, 1.165) is 0 Å². The Bertz CT molecular complexity index is 3050. The quantitative estimate of drug-likeness (QED) is 0.167. The van der Waals surface area contributed by atoms with Crippen LogP contribution in [0, 0.1) is 0 Å². The van der Waals surface area contributed by atoms with Crippen LogP contribution in [0.15, 0.2) is 224 Å². The van der Waals surface area contributed by atoms with Gasteiger partial charge in [-0.25, -0.2) is 0 Å². The van der Waals surface area contributed by atoms with E-state index in [1.54, 1.807) is 0 Å². The average molecular weight is 724 g/mol. The molecule has 3 aliphatic carbocycles.